The molecule has 1 saturated heterocycles. The summed E-state index contributed by atoms with van der Waals surface area (Å²) >= 11 is 5.60. The number of anilines is 1. The Bertz CT molecular complexity index is 574. The Morgan fingerprint density at radius 2 is 1.90 bits per heavy atom. The molecule has 0 aromatic heterocycles. The highest BCUT2D eigenvalue weighted by Gasteiger charge is 2.25. The van der Waals surface area contributed by atoms with Crippen LogP contribution in [0.1, 0.15) is 0 Å². The molecule has 0 atom stereocenters. The third kappa shape index (κ3) is 3.69. The molecule has 0 saturated carbocycles. The standard InChI is InChI=1S/C13H13ClFN3O3/c14-10-7-9(1-2-11(10)15)16-12(20)13(21)18-5-3-17(8-19)4-6-18/h1-2,7-8H,3-6H2,(H,16,20). The first-order valence-electron chi connectivity index (χ1n) is 6.26. The molecular weight excluding hydrogens is 301 g/mol. The second kappa shape index (κ2) is 6.53. The molecule has 1 aromatic rings. The zero-order valence-corrected chi connectivity index (χ0v) is 11.8. The van der Waals surface area contributed by atoms with E-state index in [4.69, 9.17) is 11.6 Å². The monoisotopic (exact) mass is 313 g/mol. The van der Waals surface area contributed by atoms with Crippen molar-refractivity contribution in [3.05, 3.63) is 29.0 Å². The maximum Gasteiger partial charge on any atom is 0.313 e. The van der Waals surface area contributed by atoms with Crippen LogP contribution in [-0.2, 0) is 14.4 Å². The van der Waals surface area contributed by atoms with E-state index in [-0.39, 0.29) is 10.7 Å². The summed E-state index contributed by atoms with van der Waals surface area (Å²) in [6.07, 6.45) is 0.711. The SMILES string of the molecule is O=CN1CCN(C(=O)C(=O)Nc2ccc(F)c(Cl)c2)CC1. The predicted octanol–water partition coefficient (Wildman–Crippen LogP) is 0.718. The van der Waals surface area contributed by atoms with Crippen molar-refractivity contribution in [2.45, 2.75) is 0 Å². The molecule has 0 radical (unpaired) electrons. The molecule has 0 bridgehead atoms. The number of rotatable bonds is 2. The van der Waals surface area contributed by atoms with E-state index in [1.807, 2.05) is 0 Å². The van der Waals surface area contributed by atoms with Gasteiger partial charge in [-0.2, -0.15) is 0 Å². The van der Waals surface area contributed by atoms with Crippen LogP contribution in [0.4, 0.5) is 10.1 Å². The maximum atomic E-state index is 13.0. The van der Waals surface area contributed by atoms with Crippen LogP contribution in [0.2, 0.25) is 5.02 Å². The Labute approximate surface area is 125 Å². The Morgan fingerprint density at radius 1 is 1.24 bits per heavy atom. The van der Waals surface area contributed by atoms with Crippen molar-refractivity contribution >= 4 is 35.5 Å². The first-order valence-corrected chi connectivity index (χ1v) is 6.63. The maximum absolute atomic E-state index is 13.0. The van der Waals surface area contributed by atoms with Gasteiger partial charge in [0.15, 0.2) is 0 Å². The Morgan fingerprint density at radius 3 is 2.48 bits per heavy atom. The van der Waals surface area contributed by atoms with E-state index in [0.29, 0.717) is 32.6 Å². The molecule has 1 aliphatic rings. The first-order chi connectivity index (χ1) is 10.0. The first kappa shape index (κ1) is 15.2. The van der Waals surface area contributed by atoms with Crippen LogP contribution < -0.4 is 5.32 Å². The molecule has 6 nitrogen and oxygen atoms in total. The average Bonchev–Trinajstić information content (AvgIpc) is 2.50. The van der Waals surface area contributed by atoms with Gasteiger partial charge in [-0.15, -0.1) is 0 Å². The minimum atomic E-state index is -0.822. The molecule has 0 spiro atoms. The molecule has 21 heavy (non-hydrogen) atoms. The number of hydrogen-bond donors (Lipinski definition) is 1. The van der Waals surface area contributed by atoms with Gasteiger partial charge in [-0.25, -0.2) is 4.39 Å². The summed E-state index contributed by atoms with van der Waals surface area (Å²) in [5.74, 6) is -2.12. The zero-order chi connectivity index (χ0) is 15.4. The number of piperazine rings is 1. The van der Waals surface area contributed by atoms with E-state index in [1.165, 1.54) is 21.9 Å². The second-order valence-corrected chi connectivity index (χ2v) is 4.92. The lowest BCUT2D eigenvalue weighted by atomic mass is 10.3. The van der Waals surface area contributed by atoms with E-state index in [1.54, 1.807) is 0 Å². The summed E-state index contributed by atoms with van der Waals surface area (Å²) < 4.78 is 13.0. The van der Waals surface area contributed by atoms with Gasteiger partial charge in [0.25, 0.3) is 0 Å². The van der Waals surface area contributed by atoms with E-state index in [0.717, 1.165) is 6.07 Å². The fraction of sp³-hybridized carbons (Fsp3) is 0.308. The smallest absolute Gasteiger partial charge is 0.313 e. The van der Waals surface area contributed by atoms with Gasteiger partial charge in [-0.1, -0.05) is 11.6 Å². The summed E-state index contributed by atoms with van der Waals surface area (Å²) in [6, 6.07) is 3.65. The molecule has 2 rings (SSSR count). The van der Waals surface area contributed by atoms with Gasteiger partial charge < -0.3 is 15.1 Å². The topological polar surface area (TPSA) is 69.7 Å². The van der Waals surface area contributed by atoms with Crippen LogP contribution in [0.15, 0.2) is 18.2 Å². The average molecular weight is 314 g/mol. The highest BCUT2D eigenvalue weighted by molar-refractivity contribution is 6.39. The zero-order valence-electron chi connectivity index (χ0n) is 11.0. The van der Waals surface area contributed by atoms with Gasteiger partial charge in [0.2, 0.25) is 6.41 Å². The summed E-state index contributed by atoms with van der Waals surface area (Å²) in [6.45, 7) is 1.39. The second-order valence-electron chi connectivity index (χ2n) is 4.52. The number of carbonyl (C=O) groups excluding carboxylic acids is 3. The van der Waals surface area contributed by atoms with Gasteiger partial charge in [-0.05, 0) is 18.2 Å². The number of nitrogens with zero attached hydrogens (tertiary/aromatic N) is 2. The predicted molar refractivity (Wildman–Crippen MR) is 74.3 cm³/mol. The Balaban J connectivity index is 1.95. The molecule has 3 amide bonds. The van der Waals surface area contributed by atoms with Gasteiger partial charge in [-0.3, -0.25) is 14.4 Å². The quantitative estimate of drug-likeness (QED) is 0.646. The number of hydrogen-bond acceptors (Lipinski definition) is 3. The lowest BCUT2D eigenvalue weighted by Gasteiger charge is -2.31. The molecule has 1 aromatic carbocycles. The van der Waals surface area contributed by atoms with Crippen molar-refractivity contribution in [2.75, 3.05) is 31.5 Å². The minimum Gasteiger partial charge on any atom is -0.342 e. The van der Waals surface area contributed by atoms with Crippen molar-refractivity contribution in [1.29, 1.82) is 0 Å². The van der Waals surface area contributed by atoms with Crippen LogP contribution in [0.5, 0.6) is 0 Å². The number of nitrogens with one attached hydrogen (secondary N) is 1. The number of halogens is 2. The number of carbonyl (C=O) groups is 3. The van der Waals surface area contributed by atoms with Crippen molar-refractivity contribution in [3.63, 3.8) is 0 Å². The van der Waals surface area contributed by atoms with Crippen LogP contribution in [0.25, 0.3) is 0 Å². The van der Waals surface area contributed by atoms with Gasteiger partial charge in [0.1, 0.15) is 5.82 Å². The molecule has 0 unspecified atom stereocenters. The Kier molecular flexibility index (Phi) is 4.74. The van der Waals surface area contributed by atoms with Crippen LogP contribution in [0, 0.1) is 5.82 Å². The van der Waals surface area contributed by atoms with E-state index < -0.39 is 17.6 Å². The summed E-state index contributed by atoms with van der Waals surface area (Å²) in [7, 11) is 0. The highest BCUT2D eigenvalue weighted by atomic mass is 35.5. The largest absolute Gasteiger partial charge is 0.342 e. The molecule has 1 fully saturated rings. The van der Waals surface area contributed by atoms with Gasteiger partial charge >= 0.3 is 11.8 Å². The van der Waals surface area contributed by atoms with E-state index in [9.17, 15) is 18.8 Å². The summed E-state index contributed by atoms with van der Waals surface area (Å²) in [5.41, 5.74) is 0.242. The summed E-state index contributed by atoms with van der Waals surface area (Å²) in [5, 5.41) is 2.23. The lowest BCUT2D eigenvalue weighted by molar-refractivity contribution is -0.144. The van der Waals surface area contributed by atoms with Crippen molar-refractivity contribution in [1.82, 2.24) is 9.80 Å². The molecule has 1 N–H and O–H groups in total. The molecular formula is C13H13ClFN3O3. The third-order valence-electron chi connectivity index (χ3n) is 3.12. The van der Waals surface area contributed by atoms with Crippen LogP contribution >= 0.6 is 11.6 Å². The van der Waals surface area contributed by atoms with Crippen molar-refractivity contribution in [2.24, 2.45) is 0 Å². The van der Waals surface area contributed by atoms with E-state index >= 15 is 0 Å². The van der Waals surface area contributed by atoms with Gasteiger partial charge in [0.05, 0.1) is 5.02 Å². The fourth-order valence-electron chi connectivity index (χ4n) is 1.93. The van der Waals surface area contributed by atoms with Gasteiger partial charge in [0, 0.05) is 31.9 Å². The highest BCUT2D eigenvalue weighted by Crippen LogP contribution is 2.19. The lowest BCUT2D eigenvalue weighted by Crippen LogP contribution is -2.51. The molecule has 1 aliphatic heterocycles. The molecule has 0 aliphatic carbocycles. The van der Waals surface area contributed by atoms with E-state index in [2.05, 4.69) is 5.32 Å². The number of benzene rings is 1. The molecule has 1 heterocycles. The number of amides is 3. The molecule has 8 heteroatoms. The normalized spacial score (nSPS) is 14.8. The third-order valence-corrected chi connectivity index (χ3v) is 3.41. The minimum absolute atomic E-state index is 0.139. The summed E-state index contributed by atoms with van der Waals surface area (Å²) in [4.78, 5) is 37.2. The van der Waals surface area contributed by atoms with Crippen LogP contribution in [-0.4, -0.2) is 54.2 Å². The van der Waals surface area contributed by atoms with Crippen molar-refractivity contribution < 1.29 is 18.8 Å². The van der Waals surface area contributed by atoms with Crippen molar-refractivity contribution in [3.8, 4) is 0 Å². The van der Waals surface area contributed by atoms with Crippen LogP contribution in [0.3, 0.4) is 0 Å². The Hall–Kier alpha value is -2.15. The molecule has 112 valence electrons. The fourth-order valence-corrected chi connectivity index (χ4v) is 2.11.